The Hall–Kier alpha value is -2.24. The van der Waals surface area contributed by atoms with Gasteiger partial charge in [0.1, 0.15) is 5.75 Å². The van der Waals surface area contributed by atoms with Crippen LogP contribution in [-0.4, -0.2) is 25.1 Å². The quantitative estimate of drug-likeness (QED) is 0.740. The van der Waals surface area contributed by atoms with E-state index in [-0.39, 0.29) is 19.3 Å². The Bertz CT molecular complexity index is 737. The van der Waals surface area contributed by atoms with Crippen molar-refractivity contribution in [3.8, 4) is 5.75 Å². The standard InChI is InChI=1S/C18H17Cl2NO4/c1-12(13-7-8-15(19)16(20)9-13)21-17(22)10-25-18(23)11-24-14-5-3-2-4-6-14/h2-9,12H,10-11H2,1H3,(H,21,22)/t12-/m1/s1. The number of para-hydroxylation sites is 1. The molecule has 2 aromatic rings. The highest BCUT2D eigenvalue weighted by Gasteiger charge is 2.13. The zero-order valence-electron chi connectivity index (χ0n) is 13.5. The van der Waals surface area contributed by atoms with Crippen LogP contribution >= 0.6 is 23.2 Å². The van der Waals surface area contributed by atoms with Crippen LogP contribution in [0.5, 0.6) is 5.75 Å². The van der Waals surface area contributed by atoms with Crippen molar-refractivity contribution in [1.29, 1.82) is 0 Å². The summed E-state index contributed by atoms with van der Waals surface area (Å²) in [5, 5.41) is 3.56. The lowest BCUT2D eigenvalue weighted by Crippen LogP contribution is -2.31. The molecule has 0 saturated carbocycles. The summed E-state index contributed by atoms with van der Waals surface area (Å²) in [5.74, 6) is -0.495. The number of hydrogen-bond acceptors (Lipinski definition) is 4. The highest BCUT2D eigenvalue weighted by molar-refractivity contribution is 6.42. The van der Waals surface area contributed by atoms with E-state index in [2.05, 4.69) is 5.32 Å². The van der Waals surface area contributed by atoms with Crippen LogP contribution in [0.3, 0.4) is 0 Å². The molecule has 0 bridgehead atoms. The van der Waals surface area contributed by atoms with Gasteiger partial charge < -0.3 is 14.8 Å². The van der Waals surface area contributed by atoms with E-state index in [0.717, 1.165) is 5.56 Å². The second kappa shape index (κ2) is 9.30. The molecule has 0 aliphatic heterocycles. The lowest BCUT2D eigenvalue weighted by molar-refractivity contribution is -0.150. The molecule has 0 heterocycles. The number of ether oxygens (including phenoxy) is 2. The second-order valence-corrected chi connectivity index (χ2v) is 6.04. The zero-order valence-corrected chi connectivity index (χ0v) is 15.0. The van der Waals surface area contributed by atoms with Crippen molar-refractivity contribution < 1.29 is 19.1 Å². The minimum Gasteiger partial charge on any atom is -0.482 e. The van der Waals surface area contributed by atoms with Crippen LogP contribution < -0.4 is 10.1 Å². The van der Waals surface area contributed by atoms with Crippen molar-refractivity contribution in [2.75, 3.05) is 13.2 Å². The van der Waals surface area contributed by atoms with Gasteiger partial charge in [0, 0.05) is 0 Å². The number of halogens is 2. The smallest absolute Gasteiger partial charge is 0.344 e. The molecule has 0 aromatic heterocycles. The molecule has 0 aliphatic rings. The Balaban J connectivity index is 1.74. The van der Waals surface area contributed by atoms with Gasteiger partial charge in [-0.1, -0.05) is 47.5 Å². The molecule has 25 heavy (non-hydrogen) atoms. The highest BCUT2D eigenvalue weighted by Crippen LogP contribution is 2.25. The second-order valence-electron chi connectivity index (χ2n) is 5.23. The fourth-order valence-corrected chi connectivity index (χ4v) is 2.30. The third-order valence-corrected chi connectivity index (χ3v) is 4.02. The number of amides is 1. The maximum absolute atomic E-state index is 11.9. The third kappa shape index (κ3) is 6.29. The van der Waals surface area contributed by atoms with Gasteiger partial charge in [-0.15, -0.1) is 0 Å². The molecule has 0 radical (unpaired) electrons. The van der Waals surface area contributed by atoms with Crippen molar-refractivity contribution in [2.45, 2.75) is 13.0 Å². The first-order valence-electron chi connectivity index (χ1n) is 7.53. The molecule has 7 heteroatoms. The minimum atomic E-state index is -0.624. The first kappa shape index (κ1) is 19.1. The van der Waals surface area contributed by atoms with E-state index in [4.69, 9.17) is 32.7 Å². The number of nitrogens with one attached hydrogen (secondary N) is 1. The molecule has 1 amide bonds. The average Bonchev–Trinajstić information content (AvgIpc) is 2.61. The van der Waals surface area contributed by atoms with Crippen LogP contribution in [0.2, 0.25) is 10.0 Å². The predicted octanol–water partition coefficient (Wildman–Crippen LogP) is 3.79. The Morgan fingerprint density at radius 3 is 2.44 bits per heavy atom. The molecule has 132 valence electrons. The van der Waals surface area contributed by atoms with E-state index in [1.54, 1.807) is 49.4 Å². The van der Waals surface area contributed by atoms with Gasteiger partial charge in [0.25, 0.3) is 5.91 Å². The summed E-state index contributed by atoms with van der Waals surface area (Å²) >= 11 is 11.8. The molecule has 2 aromatic carbocycles. The lowest BCUT2D eigenvalue weighted by Gasteiger charge is -2.15. The molecule has 0 spiro atoms. The summed E-state index contributed by atoms with van der Waals surface area (Å²) in [6, 6.07) is 13.6. The van der Waals surface area contributed by atoms with Crippen LogP contribution in [-0.2, 0) is 14.3 Å². The van der Waals surface area contributed by atoms with Crippen LogP contribution in [0.1, 0.15) is 18.5 Å². The van der Waals surface area contributed by atoms with Crippen molar-refractivity contribution in [2.24, 2.45) is 0 Å². The normalized spacial score (nSPS) is 11.5. The Labute approximate surface area is 155 Å². The topological polar surface area (TPSA) is 64.6 Å². The minimum absolute atomic E-state index is 0.264. The summed E-state index contributed by atoms with van der Waals surface area (Å²) in [6.07, 6.45) is 0. The molecule has 0 unspecified atom stereocenters. The lowest BCUT2D eigenvalue weighted by atomic mass is 10.1. The number of carbonyl (C=O) groups is 2. The number of benzene rings is 2. The first-order chi connectivity index (χ1) is 12.0. The van der Waals surface area contributed by atoms with Crippen LogP contribution in [0.4, 0.5) is 0 Å². The van der Waals surface area contributed by atoms with E-state index in [0.29, 0.717) is 15.8 Å². The van der Waals surface area contributed by atoms with Gasteiger partial charge in [-0.2, -0.15) is 0 Å². The molecular weight excluding hydrogens is 365 g/mol. The molecule has 1 N–H and O–H groups in total. The summed E-state index contributed by atoms with van der Waals surface area (Å²) in [7, 11) is 0. The molecule has 5 nitrogen and oxygen atoms in total. The number of rotatable bonds is 7. The average molecular weight is 382 g/mol. The van der Waals surface area contributed by atoms with Gasteiger partial charge in [-0.05, 0) is 36.8 Å². The first-order valence-corrected chi connectivity index (χ1v) is 8.29. The fraction of sp³-hybridized carbons (Fsp3) is 0.222. The summed E-state index contributed by atoms with van der Waals surface area (Å²) in [4.78, 5) is 23.5. The Morgan fingerprint density at radius 2 is 1.76 bits per heavy atom. The van der Waals surface area contributed by atoms with Crippen LogP contribution in [0, 0.1) is 0 Å². The number of esters is 1. The maximum Gasteiger partial charge on any atom is 0.344 e. The summed E-state index contributed by atoms with van der Waals surface area (Å²) in [6.45, 7) is 1.14. The van der Waals surface area contributed by atoms with Crippen LogP contribution in [0.25, 0.3) is 0 Å². The Kier molecular flexibility index (Phi) is 7.10. The van der Waals surface area contributed by atoms with E-state index in [1.165, 1.54) is 0 Å². The molecule has 2 rings (SSSR count). The Morgan fingerprint density at radius 1 is 1.04 bits per heavy atom. The third-order valence-electron chi connectivity index (χ3n) is 3.29. The van der Waals surface area contributed by atoms with Gasteiger partial charge in [0.05, 0.1) is 16.1 Å². The molecule has 0 fully saturated rings. The van der Waals surface area contributed by atoms with Crippen molar-refractivity contribution in [1.82, 2.24) is 5.32 Å². The number of carbonyl (C=O) groups excluding carboxylic acids is 2. The van der Waals surface area contributed by atoms with E-state index in [9.17, 15) is 9.59 Å². The van der Waals surface area contributed by atoms with E-state index < -0.39 is 11.9 Å². The van der Waals surface area contributed by atoms with Crippen molar-refractivity contribution in [3.63, 3.8) is 0 Å². The highest BCUT2D eigenvalue weighted by atomic mass is 35.5. The van der Waals surface area contributed by atoms with Gasteiger partial charge in [-0.25, -0.2) is 4.79 Å². The number of hydrogen-bond donors (Lipinski definition) is 1. The monoisotopic (exact) mass is 381 g/mol. The van der Waals surface area contributed by atoms with Gasteiger partial charge in [0.2, 0.25) is 0 Å². The summed E-state index contributed by atoms with van der Waals surface area (Å²) < 4.78 is 10.1. The van der Waals surface area contributed by atoms with Gasteiger partial charge in [0.15, 0.2) is 13.2 Å². The van der Waals surface area contributed by atoms with Crippen molar-refractivity contribution >= 4 is 35.1 Å². The SMILES string of the molecule is C[C@@H](NC(=O)COC(=O)COc1ccccc1)c1ccc(Cl)c(Cl)c1. The van der Waals surface area contributed by atoms with Crippen molar-refractivity contribution in [3.05, 3.63) is 64.1 Å². The van der Waals surface area contributed by atoms with Gasteiger partial charge in [-0.3, -0.25) is 4.79 Å². The fourth-order valence-electron chi connectivity index (χ4n) is 1.99. The van der Waals surface area contributed by atoms with Crippen LogP contribution in [0.15, 0.2) is 48.5 Å². The largest absolute Gasteiger partial charge is 0.482 e. The summed E-state index contributed by atoms with van der Waals surface area (Å²) in [5.41, 5.74) is 0.793. The maximum atomic E-state index is 11.9. The molecule has 1 atom stereocenters. The molecule has 0 aliphatic carbocycles. The predicted molar refractivity (Wildman–Crippen MR) is 95.9 cm³/mol. The molecule has 0 saturated heterocycles. The van der Waals surface area contributed by atoms with E-state index >= 15 is 0 Å². The van der Waals surface area contributed by atoms with Gasteiger partial charge >= 0.3 is 5.97 Å². The zero-order chi connectivity index (χ0) is 18.2. The molecular formula is C18H17Cl2NO4. The van der Waals surface area contributed by atoms with E-state index in [1.807, 2.05) is 6.07 Å².